The van der Waals surface area contributed by atoms with Crippen LogP contribution in [0.3, 0.4) is 0 Å². The van der Waals surface area contributed by atoms with Gasteiger partial charge in [0, 0.05) is 17.8 Å². The molecular weight excluding hydrogens is 445 g/mol. The van der Waals surface area contributed by atoms with Crippen LogP contribution in [0.5, 0.6) is 0 Å². The van der Waals surface area contributed by atoms with E-state index < -0.39 is 11.9 Å². The average Bonchev–Trinajstić information content (AvgIpc) is 2.77. The van der Waals surface area contributed by atoms with E-state index in [0.717, 1.165) is 44.2 Å². The number of aliphatic carboxylic acids is 1. The number of rotatable bonds is 11. The van der Waals surface area contributed by atoms with E-state index in [1.54, 1.807) is 18.2 Å². The number of benzene rings is 1. The van der Waals surface area contributed by atoms with Gasteiger partial charge in [0.1, 0.15) is 0 Å². The van der Waals surface area contributed by atoms with Crippen LogP contribution in [-0.4, -0.2) is 21.8 Å². The molecule has 1 heterocycles. The zero-order valence-corrected chi connectivity index (χ0v) is 19.7. The van der Waals surface area contributed by atoms with E-state index in [4.69, 9.17) is 28.2 Å². The molecule has 170 valence electrons. The predicted molar refractivity (Wildman–Crippen MR) is 129 cm³/mol. The van der Waals surface area contributed by atoms with Gasteiger partial charge in [0.25, 0.3) is 0 Å². The lowest BCUT2D eigenvalue weighted by molar-refractivity contribution is -0.141. The summed E-state index contributed by atoms with van der Waals surface area (Å²) in [7, 11) is 0. The highest BCUT2D eigenvalue weighted by atomic mass is 35.5. The first-order valence-electron chi connectivity index (χ1n) is 11.3. The standard InChI is InChI=1S/C26H29Cl2NO3/c27-21-12-8-13-22(28)25(21)24(30)17-19(26(31)32)10-4-2-1-3-5-11-20-16-15-18-9-6-7-14-23(18)29-20/h2,4,8,12-13,15-16,19H,1,3,5-7,9-11,14,17H2,(H,31,32)/b4-2+. The lowest BCUT2D eigenvalue weighted by atomic mass is 9.95. The molecular formula is C26H29Cl2NO3. The SMILES string of the molecule is O=C(CC(C/C=C/CCCCc1ccc2c(n1)CCCC2)C(=O)O)c1c(Cl)cccc1Cl. The van der Waals surface area contributed by atoms with Crippen molar-refractivity contribution in [2.24, 2.45) is 5.92 Å². The van der Waals surface area contributed by atoms with Crippen LogP contribution in [0.15, 0.2) is 42.5 Å². The molecule has 0 saturated carbocycles. The highest BCUT2D eigenvalue weighted by molar-refractivity contribution is 6.39. The van der Waals surface area contributed by atoms with Crippen LogP contribution in [0.1, 0.15) is 72.3 Å². The fourth-order valence-corrected chi connectivity index (χ4v) is 4.68. The molecule has 0 fully saturated rings. The summed E-state index contributed by atoms with van der Waals surface area (Å²) in [6, 6.07) is 9.20. The summed E-state index contributed by atoms with van der Waals surface area (Å²) >= 11 is 12.1. The number of fused-ring (bicyclic) bond motifs is 1. The number of aryl methyl sites for hydroxylation is 3. The second kappa shape index (κ2) is 12.2. The monoisotopic (exact) mass is 473 g/mol. The molecule has 2 aromatic rings. The molecule has 0 bridgehead atoms. The van der Waals surface area contributed by atoms with Gasteiger partial charge in [-0.1, -0.05) is 47.5 Å². The van der Waals surface area contributed by atoms with Gasteiger partial charge in [-0.25, -0.2) is 0 Å². The Balaban J connectivity index is 1.41. The number of unbranched alkanes of at least 4 members (excludes halogenated alkanes) is 2. The maximum atomic E-state index is 12.5. The van der Waals surface area contributed by atoms with Crippen molar-refractivity contribution in [3.63, 3.8) is 0 Å². The molecule has 4 nitrogen and oxygen atoms in total. The molecule has 1 unspecified atom stereocenters. The third-order valence-electron chi connectivity index (χ3n) is 5.90. The normalized spacial score (nSPS) is 14.3. The fraction of sp³-hybridized carbons (Fsp3) is 0.423. The smallest absolute Gasteiger partial charge is 0.307 e. The molecule has 32 heavy (non-hydrogen) atoms. The predicted octanol–water partition coefficient (Wildman–Crippen LogP) is 6.90. The molecule has 6 heteroatoms. The van der Waals surface area contributed by atoms with Gasteiger partial charge in [0.15, 0.2) is 5.78 Å². The van der Waals surface area contributed by atoms with Gasteiger partial charge in [0.05, 0.1) is 21.5 Å². The maximum absolute atomic E-state index is 12.5. The number of halogens is 2. The summed E-state index contributed by atoms with van der Waals surface area (Å²) in [5, 5.41) is 9.99. The number of hydrogen-bond acceptors (Lipinski definition) is 3. The Hall–Kier alpha value is -2.17. The fourth-order valence-electron chi connectivity index (χ4n) is 4.07. The molecule has 1 aromatic carbocycles. The van der Waals surface area contributed by atoms with Gasteiger partial charge >= 0.3 is 5.97 Å². The van der Waals surface area contributed by atoms with Crippen molar-refractivity contribution in [3.8, 4) is 0 Å². The Labute approximate surface area is 199 Å². The summed E-state index contributed by atoms with van der Waals surface area (Å²) in [5.74, 6) is -2.14. The van der Waals surface area contributed by atoms with Gasteiger partial charge in [-0.2, -0.15) is 0 Å². The van der Waals surface area contributed by atoms with E-state index in [0.29, 0.717) is 6.42 Å². The van der Waals surface area contributed by atoms with Crippen molar-refractivity contribution in [1.29, 1.82) is 0 Å². The lowest BCUT2D eigenvalue weighted by Gasteiger charge is -2.15. The van der Waals surface area contributed by atoms with E-state index in [2.05, 4.69) is 12.1 Å². The van der Waals surface area contributed by atoms with Gasteiger partial charge < -0.3 is 5.11 Å². The summed E-state index contributed by atoms with van der Waals surface area (Å²) in [6.07, 6.45) is 12.7. The number of aromatic nitrogens is 1. The first kappa shape index (κ1) is 24.5. The highest BCUT2D eigenvalue weighted by Gasteiger charge is 2.23. The minimum absolute atomic E-state index is 0.132. The number of Topliss-reactive ketones (excluding diaryl/α,β-unsaturated/α-hetero) is 1. The van der Waals surface area contributed by atoms with Crippen LogP contribution < -0.4 is 0 Å². The molecule has 1 aliphatic rings. The van der Waals surface area contributed by atoms with Crippen molar-refractivity contribution in [2.45, 2.75) is 64.2 Å². The number of carboxylic acids is 1. The van der Waals surface area contributed by atoms with Gasteiger partial charge in [0.2, 0.25) is 0 Å². The molecule has 0 spiro atoms. The Morgan fingerprint density at radius 3 is 2.53 bits per heavy atom. The van der Waals surface area contributed by atoms with E-state index in [9.17, 15) is 14.7 Å². The number of carboxylic acid groups (broad SMARTS) is 1. The number of allylic oxidation sites excluding steroid dienone is 2. The molecule has 3 rings (SSSR count). The molecule has 1 atom stereocenters. The second-order valence-corrected chi connectivity index (χ2v) is 9.14. The minimum atomic E-state index is -0.996. The van der Waals surface area contributed by atoms with Crippen molar-refractivity contribution >= 4 is 35.0 Å². The largest absolute Gasteiger partial charge is 0.481 e. The molecule has 0 radical (unpaired) electrons. The number of pyridine rings is 1. The molecule has 1 N–H and O–H groups in total. The lowest BCUT2D eigenvalue weighted by Crippen LogP contribution is -2.18. The average molecular weight is 474 g/mol. The number of carbonyl (C=O) groups excluding carboxylic acids is 1. The molecule has 1 aliphatic carbocycles. The molecule has 0 saturated heterocycles. The minimum Gasteiger partial charge on any atom is -0.481 e. The van der Waals surface area contributed by atoms with Crippen LogP contribution in [0.2, 0.25) is 10.0 Å². The zero-order chi connectivity index (χ0) is 22.9. The number of ketones is 1. The second-order valence-electron chi connectivity index (χ2n) is 8.33. The molecule has 1 aromatic heterocycles. The Morgan fingerprint density at radius 1 is 1.03 bits per heavy atom. The Kier molecular flexibility index (Phi) is 9.31. The topological polar surface area (TPSA) is 67.3 Å². The van der Waals surface area contributed by atoms with Crippen molar-refractivity contribution in [3.05, 3.63) is 75.0 Å². The van der Waals surface area contributed by atoms with E-state index >= 15 is 0 Å². The van der Waals surface area contributed by atoms with E-state index in [1.165, 1.54) is 24.1 Å². The first-order valence-corrected chi connectivity index (χ1v) is 12.0. The zero-order valence-electron chi connectivity index (χ0n) is 18.2. The van der Waals surface area contributed by atoms with Crippen molar-refractivity contribution < 1.29 is 14.7 Å². The summed E-state index contributed by atoms with van der Waals surface area (Å²) < 4.78 is 0. The number of hydrogen-bond donors (Lipinski definition) is 1. The van der Waals surface area contributed by atoms with Gasteiger partial charge in [-0.3, -0.25) is 14.6 Å². The number of nitrogens with zero attached hydrogens (tertiary/aromatic N) is 1. The highest BCUT2D eigenvalue weighted by Crippen LogP contribution is 2.27. The van der Waals surface area contributed by atoms with Crippen molar-refractivity contribution in [2.75, 3.05) is 0 Å². The first-order chi connectivity index (χ1) is 15.5. The van der Waals surface area contributed by atoms with E-state index in [1.807, 2.05) is 12.2 Å². The Bertz CT molecular complexity index is 967. The van der Waals surface area contributed by atoms with Crippen LogP contribution in [0, 0.1) is 5.92 Å². The Morgan fingerprint density at radius 2 is 1.78 bits per heavy atom. The molecule has 0 aliphatic heterocycles. The quantitative estimate of drug-likeness (QED) is 0.219. The van der Waals surface area contributed by atoms with Crippen LogP contribution in [0.4, 0.5) is 0 Å². The summed E-state index contributed by atoms with van der Waals surface area (Å²) in [4.78, 5) is 29.0. The third-order valence-corrected chi connectivity index (χ3v) is 6.53. The summed E-state index contributed by atoms with van der Waals surface area (Å²) in [6.45, 7) is 0. The van der Waals surface area contributed by atoms with Crippen LogP contribution >= 0.6 is 23.2 Å². The molecule has 0 amide bonds. The van der Waals surface area contributed by atoms with Gasteiger partial charge in [-0.15, -0.1) is 0 Å². The van der Waals surface area contributed by atoms with Crippen LogP contribution in [0.25, 0.3) is 0 Å². The van der Waals surface area contributed by atoms with E-state index in [-0.39, 0.29) is 27.8 Å². The number of carbonyl (C=O) groups is 2. The van der Waals surface area contributed by atoms with Crippen molar-refractivity contribution in [1.82, 2.24) is 4.98 Å². The van der Waals surface area contributed by atoms with Gasteiger partial charge in [-0.05, 0) is 81.5 Å². The summed E-state index contributed by atoms with van der Waals surface area (Å²) in [5.41, 5.74) is 4.05. The van der Waals surface area contributed by atoms with Crippen LogP contribution in [-0.2, 0) is 24.1 Å². The maximum Gasteiger partial charge on any atom is 0.307 e. The third kappa shape index (κ3) is 6.91.